The molecule has 1 aromatic heterocycles. The number of nitrogens with one attached hydrogen (secondary N) is 1. The van der Waals surface area contributed by atoms with Gasteiger partial charge in [-0.15, -0.1) is 0 Å². The molecule has 0 saturated carbocycles. The molecule has 1 fully saturated rings. The normalized spacial score (nSPS) is 24.2. The fraction of sp³-hybridized carbons (Fsp3) is 0.429. The molecule has 1 saturated heterocycles. The van der Waals surface area contributed by atoms with Gasteiger partial charge in [-0.05, 0) is 55.0 Å². The van der Waals surface area contributed by atoms with Crippen LogP contribution < -0.4 is 10.9 Å². The molecule has 0 spiro atoms. The van der Waals surface area contributed by atoms with Crippen LogP contribution in [0, 0.1) is 5.92 Å². The van der Waals surface area contributed by atoms with Gasteiger partial charge in [0.15, 0.2) is 0 Å². The fourth-order valence-electron chi connectivity index (χ4n) is 4.91. The van der Waals surface area contributed by atoms with Gasteiger partial charge in [-0.3, -0.25) is 9.59 Å². The lowest BCUT2D eigenvalue weighted by Gasteiger charge is -2.42. The molecule has 2 aromatic rings. The number of nitrogens with zero attached hydrogens (tertiary/aromatic N) is 2. The summed E-state index contributed by atoms with van der Waals surface area (Å²) in [6.07, 6.45) is 2.75. The molecule has 29 heavy (non-hydrogen) atoms. The molecule has 0 unspecified atom stereocenters. The Morgan fingerprint density at radius 1 is 1.00 bits per heavy atom. The molecule has 1 aromatic carbocycles. The molecular weight excluding hydrogens is 390 g/mol. The third-order valence-electron chi connectivity index (χ3n) is 6.28. The summed E-state index contributed by atoms with van der Waals surface area (Å²) in [5, 5.41) is 2.85. The zero-order chi connectivity index (χ0) is 20.2. The lowest BCUT2D eigenvalue weighted by Crippen LogP contribution is -2.49. The summed E-state index contributed by atoms with van der Waals surface area (Å²) in [6, 6.07) is 10.2. The van der Waals surface area contributed by atoms with E-state index >= 15 is 0 Å². The highest BCUT2D eigenvalue weighted by molar-refractivity contribution is 7.89. The second-order valence-corrected chi connectivity index (χ2v) is 10.2. The maximum absolute atomic E-state index is 13.4. The third kappa shape index (κ3) is 3.20. The van der Waals surface area contributed by atoms with Gasteiger partial charge >= 0.3 is 0 Å². The molecule has 152 valence electrons. The van der Waals surface area contributed by atoms with Crippen LogP contribution in [0.15, 0.2) is 46.1 Å². The van der Waals surface area contributed by atoms with Crippen molar-refractivity contribution in [1.82, 2.24) is 8.87 Å². The number of sulfonamides is 1. The molecule has 2 bridgehead atoms. The number of aryl methyl sites for hydroxylation is 1. The van der Waals surface area contributed by atoms with Crippen LogP contribution >= 0.6 is 0 Å². The molecule has 8 heteroatoms. The minimum Gasteiger partial charge on any atom is -0.326 e. The molecule has 1 N–H and O–H groups in total. The Kier molecular flexibility index (Phi) is 4.36. The standard InChI is InChI=1S/C21H23N3O4S/c25-20-5-1-3-15-10-17(7-8-18(15)22-20)29(27,28)23-11-14-9-16(13-23)19-4-2-6-21(26)24(19)12-14/h2,4,6-8,10,14,16H,1,3,5,9,11-13H2,(H,22,25)/t14-,16+/m1/s1. The molecule has 0 aliphatic carbocycles. The lowest BCUT2D eigenvalue weighted by molar-refractivity contribution is -0.116. The van der Waals surface area contributed by atoms with Crippen molar-refractivity contribution in [1.29, 1.82) is 0 Å². The zero-order valence-electron chi connectivity index (χ0n) is 16.0. The number of carbonyl (C=O) groups excluding carboxylic acids is 1. The van der Waals surface area contributed by atoms with Crippen molar-refractivity contribution in [3.05, 3.63) is 58.0 Å². The van der Waals surface area contributed by atoms with Crippen LogP contribution in [0.3, 0.4) is 0 Å². The highest BCUT2D eigenvalue weighted by atomic mass is 32.2. The molecule has 1 amide bonds. The first-order valence-electron chi connectivity index (χ1n) is 10.0. The number of carbonyl (C=O) groups is 1. The number of piperidine rings is 1. The van der Waals surface area contributed by atoms with E-state index in [1.54, 1.807) is 39.2 Å². The van der Waals surface area contributed by atoms with E-state index in [2.05, 4.69) is 5.32 Å². The van der Waals surface area contributed by atoms with Gasteiger partial charge in [-0.25, -0.2) is 8.42 Å². The minimum absolute atomic E-state index is 0.0127. The molecule has 0 radical (unpaired) electrons. The second kappa shape index (κ2) is 6.81. The van der Waals surface area contributed by atoms with Crippen molar-refractivity contribution in [2.45, 2.75) is 43.0 Å². The SMILES string of the molecule is O=C1CCCc2cc(S(=O)(=O)N3C[C@H]4C[C@@H](C3)c3cccc(=O)n3C4)ccc2N1. The van der Waals surface area contributed by atoms with Gasteiger partial charge < -0.3 is 9.88 Å². The van der Waals surface area contributed by atoms with Crippen LogP contribution in [0.5, 0.6) is 0 Å². The van der Waals surface area contributed by atoms with E-state index in [1.165, 1.54) is 0 Å². The first-order chi connectivity index (χ1) is 13.9. The average molecular weight is 413 g/mol. The number of hydrogen-bond acceptors (Lipinski definition) is 4. The average Bonchev–Trinajstić information content (AvgIpc) is 2.88. The van der Waals surface area contributed by atoms with E-state index in [9.17, 15) is 18.0 Å². The van der Waals surface area contributed by atoms with E-state index in [-0.39, 0.29) is 28.2 Å². The maximum Gasteiger partial charge on any atom is 0.250 e. The lowest BCUT2D eigenvalue weighted by atomic mass is 9.84. The topological polar surface area (TPSA) is 88.5 Å². The first-order valence-corrected chi connectivity index (χ1v) is 11.5. The summed E-state index contributed by atoms with van der Waals surface area (Å²) in [6.45, 7) is 1.37. The molecule has 2 atom stereocenters. The molecule has 3 aliphatic heterocycles. The summed E-state index contributed by atoms with van der Waals surface area (Å²) < 4.78 is 30.2. The van der Waals surface area contributed by atoms with Crippen molar-refractivity contribution in [2.75, 3.05) is 18.4 Å². The number of amides is 1. The maximum atomic E-state index is 13.4. The van der Waals surface area contributed by atoms with Crippen LogP contribution in [-0.4, -0.2) is 36.3 Å². The second-order valence-electron chi connectivity index (χ2n) is 8.24. The number of rotatable bonds is 2. The first kappa shape index (κ1) is 18.6. The Morgan fingerprint density at radius 3 is 2.72 bits per heavy atom. The quantitative estimate of drug-likeness (QED) is 0.815. The highest BCUT2D eigenvalue weighted by Crippen LogP contribution is 2.37. The number of benzene rings is 1. The van der Waals surface area contributed by atoms with Crippen LogP contribution in [0.25, 0.3) is 0 Å². The van der Waals surface area contributed by atoms with Crippen LogP contribution in [-0.2, 0) is 27.8 Å². The molecular formula is C21H23N3O4S. The van der Waals surface area contributed by atoms with Crippen molar-refractivity contribution in [3.63, 3.8) is 0 Å². The molecule has 4 heterocycles. The van der Waals surface area contributed by atoms with E-state index in [0.29, 0.717) is 44.6 Å². The predicted octanol–water partition coefficient (Wildman–Crippen LogP) is 1.93. The Balaban J connectivity index is 1.47. The number of fused-ring (bicyclic) bond motifs is 5. The van der Waals surface area contributed by atoms with Crippen molar-refractivity contribution in [2.24, 2.45) is 5.92 Å². The van der Waals surface area contributed by atoms with Gasteiger partial charge in [0.05, 0.1) is 4.90 Å². The van der Waals surface area contributed by atoms with Crippen molar-refractivity contribution < 1.29 is 13.2 Å². The van der Waals surface area contributed by atoms with Gasteiger partial charge in [0.1, 0.15) is 0 Å². The van der Waals surface area contributed by atoms with Crippen LogP contribution in [0.2, 0.25) is 0 Å². The summed E-state index contributed by atoms with van der Waals surface area (Å²) in [7, 11) is -3.64. The number of pyridine rings is 1. The van der Waals surface area contributed by atoms with E-state index in [0.717, 1.165) is 17.7 Å². The molecule has 7 nitrogen and oxygen atoms in total. The number of hydrogen-bond donors (Lipinski definition) is 1. The summed E-state index contributed by atoms with van der Waals surface area (Å²) >= 11 is 0. The number of anilines is 1. The highest BCUT2D eigenvalue weighted by Gasteiger charge is 2.39. The van der Waals surface area contributed by atoms with E-state index < -0.39 is 10.0 Å². The van der Waals surface area contributed by atoms with Gasteiger partial charge in [0.2, 0.25) is 15.9 Å². The Hall–Kier alpha value is -2.45. The largest absolute Gasteiger partial charge is 0.326 e. The smallest absolute Gasteiger partial charge is 0.250 e. The van der Waals surface area contributed by atoms with Crippen molar-refractivity contribution in [3.8, 4) is 0 Å². The zero-order valence-corrected chi connectivity index (χ0v) is 16.8. The molecule has 5 rings (SSSR count). The van der Waals surface area contributed by atoms with E-state index in [4.69, 9.17) is 0 Å². The Bertz CT molecular complexity index is 1150. The van der Waals surface area contributed by atoms with Gasteiger partial charge in [-0.1, -0.05) is 6.07 Å². The van der Waals surface area contributed by atoms with Gasteiger partial charge in [-0.2, -0.15) is 4.31 Å². The van der Waals surface area contributed by atoms with E-state index in [1.807, 2.05) is 6.07 Å². The summed E-state index contributed by atoms with van der Waals surface area (Å²) in [5.74, 6) is 0.139. The Morgan fingerprint density at radius 2 is 1.86 bits per heavy atom. The third-order valence-corrected chi connectivity index (χ3v) is 8.11. The van der Waals surface area contributed by atoms with Gasteiger partial charge in [0, 0.05) is 49.4 Å². The van der Waals surface area contributed by atoms with Crippen molar-refractivity contribution >= 4 is 21.6 Å². The van der Waals surface area contributed by atoms with Crippen LogP contribution in [0.1, 0.15) is 36.4 Å². The van der Waals surface area contributed by atoms with Gasteiger partial charge in [0.25, 0.3) is 5.56 Å². The van der Waals surface area contributed by atoms with Crippen LogP contribution in [0.4, 0.5) is 5.69 Å². The fourth-order valence-corrected chi connectivity index (χ4v) is 6.52. The molecule has 3 aliphatic rings. The number of aromatic nitrogens is 1. The predicted molar refractivity (Wildman–Crippen MR) is 108 cm³/mol. The monoisotopic (exact) mass is 413 g/mol. The summed E-state index contributed by atoms with van der Waals surface area (Å²) in [5.41, 5.74) is 2.49. The minimum atomic E-state index is -3.64. The Labute approximate surface area is 169 Å². The summed E-state index contributed by atoms with van der Waals surface area (Å²) in [4.78, 5) is 24.2.